The predicted octanol–water partition coefficient (Wildman–Crippen LogP) is 2.69. The average molecular weight is 242 g/mol. The van der Waals surface area contributed by atoms with E-state index in [9.17, 15) is 0 Å². The summed E-state index contributed by atoms with van der Waals surface area (Å²) in [5.41, 5.74) is 3.53. The molecule has 2 rings (SSSR count). The van der Waals surface area contributed by atoms with E-state index in [1.54, 1.807) is 7.11 Å². The molecule has 3 heteroatoms. The van der Waals surface area contributed by atoms with Gasteiger partial charge in [-0.3, -0.25) is 4.98 Å². The SMILES string of the molecule is COc1cccc(CNCc2ncccc2C)c1. The Balaban J connectivity index is 1.90. The normalized spacial score (nSPS) is 10.3. The van der Waals surface area contributed by atoms with Crippen molar-refractivity contribution in [1.82, 2.24) is 10.3 Å². The molecular formula is C15H18N2O. The molecule has 1 heterocycles. The van der Waals surface area contributed by atoms with Crippen LogP contribution in [-0.2, 0) is 13.1 Å². The minimum absolute atomic E-state index is 0.782. The highest BCUT2D eigenvalue weighted by molar-refractivity contribution is 5.28. The van der Waals surface area contributed by atoms with Gasteiger partial charge in [0.2, 0.25) is 0 Å². The summed E-state index contributed by atoms with van der Waals surface area (Å²) in [5, 5.41) is 3.39. The van der Waals surface area contributed by atoms with Crippen LogP contribution in [0.3, 0.4) is 0 Å². The number of rotatable bonds is 5. The Morgan fingerprint density at radius 1 is 1.17 bits per heavy atom. The first kappa shape index (κ1) is 12.6. The van der Waals surface area contributed by atoms with Crippen molar-refractivity contribution in [2.45, 2.75) is 20.0 Å². The van der Waals surface area contributed by atoms with E-state index in [4.69, 9.17) is 4.74 Å². The molecule has 1 aromatic heterocycles. The van der Waals surface area contributed by atoms with Gasteiger partial charge in [-0.15, -0.1) is 0 Å². The van der Waals surface area contributed by atoms with Crippen LogP contribution in [-0.4, -0.2) is 12.1 Å². The van der Waals surface area contributed by atoms with Crippen molar-refractivity contribution in [3.05, 3.63) is 59.4 Å². The maximum atomic E-state index is 5.20. The molecule has 1 aromatic carbocycles. The third kappa shape index (κ3) is 3.31. The second-order valence-electron chi connectivity index (χ2n) is 4.22. The van der Waals surface area contributed by atoms with Crippen LogP contribution in [0.1, 0.15) is 16.8 Å². The third-order valence-electron chi connectivity index (χ3n) is 2.87. The molecule has 3 nitrogen and oxygen atoms in total. The summed E-state index contributed by atoms with van der Waals surface area (Å²) >= 11 is 0. The molecule has 94 valence electrons. The summed E-state index contributed by atoms with van der Waals surface area (Å²) < 4.78 is 5.20. The van der Waals surface area contributed by atoms with Crippen LogP contribution >= 0.6 is 0 Å². The lowest BCUT2D eigenvalue weighted by molar-refractivity contribution is 0.414. The van der Waals surface area contributed by atoms with Gasteiger partial charge in [-0.1, -0.05) is 18.2 Å². The first-order valence-electron chi connectivity index (χ1n) is 6.04. The lowest BCUT2D eigenvalue weighted by atomic mass is 10.2. The van der Waals surface area contributed by atoms with Gasteiger partial charge in [-0.25, -0.2) is 0 Å². The predicted molar refractivity (Wildman–Crippen MR) is 72.5 cm³/mol. The number of nitrogens with zero attached hydrogens (tertiary/aromatic N) is 1. The van der Waals surface area contributed by atoms with Gasteiger partial charge in [0.1, 0.15) is 5.75 Å². The molecule has 0 atom stereocenters. The van der Waals surface area contributed by atoms with Crippen LogP contribution in [0.5, 0.6) is 5.75 Å². The molecule has 0 bridgehead atoms. The van der Waals surface area contributed by atoms with Crippen LogP contribution in [0.4, 0.5) is 0 Å². The van der Waals surface area contributed by atoms with Gasteiger partial charge in [0.15, 0.2) is 0 Å². The number of hydrogen-bond donors (Lipinski definition) is 1. The fraction of sp³-hybridized carbons (Fsp3) is 0.267. The third-order valence-corrected chi connectivity index (χ3v) is 2.87. The smallest absolute Gasteiger partial charge is 0.119 e. The topological polar surface area (TPSA) is 34.1 Å². The summed E-state index contributed by atoms with van der Waals surface area (Å²) in [5.74, 6) is 0.892. The maximum absolute atomic E-state index is 5.20. The van der Waals surface area contributed by atoms with Gasteiger partial charge < -0.3 is 10.1 Å². The fourth-order valence-corrected chi connectivity index (χ4v) is 1.81. The summed E-state index contributed by atoms with van der Waals surface area (Å²) in [4.78, 5) is 4.36. The summed E-state index contributed by atoms with van der Waals surface area (Å²) in [6.45, 7) is 3.67. The van der Waals surface area contributed by atoms with Gasteiger partial charge in [0, 0.05) is 19.3 Å². The molecule has 2 aromatic rings. The number of pyridine rings is 1. The van der Waals surface area contributed by atoms with Crippen molar-refractivity contribution in [3.63, 3.8) is 0 Å². The van der Waals surface area contributed by atoms with Crippen molar-refractivity contribution in [1.29, 1.82) is 0 Å². The monoisotopic (exact) mass is 242 g/mol. The van der Waals surface area contributed by atoms with E-state index in [1.807, 2.05) is 30.5 Å². The van der Waals surface area contributed by atoms with Crippen molar-refractivity contribution >= 4 is 0 Å². The Labute approximate surface area is 108 Å². The van der Waals surface area contributed by atoms with Crippen molar-refractivity contribution in [2.24, 2.45) is 0 Å². The summed E-state index contributed by atoms with van der Waals surface area (Å²) in [6.07, 6.45) is 1.83. The van der Waals surface area contributed by atoms with Gasteiger partial charge in [0.05, 0.1) is 12.8 Å². The fourth-order valence-electron chi connectivity index (χ4n) is 1.81. The molecule has 0 aliphatic carbocycles. The number of aryl methyl sites for hydroxylation is 1. The van der Waals surface area contributed by atoms with Gasteiger partial charge in [0.25, 0.3) is 0 Å². The number of methoxy groups -OCH3 is 1. The Bertz CT molecular complexity index is 511. The van der Waals surface area contributed by atoms with E-state index < -0.39 is 0 Å². The molecule has 0 saturated heterocycles. The molecule has 0 fully saturated rings. The molecule has 0 unspecified atom stereocenters. The van der Waals surface area contributed by atoms with E-state index in [1.165, 1.54) is 11.1 Å². The molecule has 0 amide bonds. The van der Waals surface area contributed by atoms with Crippen LogP contribution in [0.15, 0.2) is 42.6 Å². The second kappa shape index (κ2) is 6.17. The first-order chi connectivity index (χ1) is 8.79. The molecule has 1 N–H and O–H groups in total. The minimum atomic E-state index is 0.782. The van der Waals surface area contributed by atoms with Crippen LogP contribution in [0.2, 0.25) is 0 Å². The summed E-state index contributed by atoms with van der Waals surface area (Å²) in [7, 11) is 1.68. The molecule has 0 spiro atoms. The molecule has 0 aliphatic rings. The largest absolute Gasteiger partial charge is 0.497 e. The molecule has 0 radical (unpaired) electrons. The first-order valence-corrected chi connectivity index (χ1v) is 6.04. The van der Waals surface area contributed by atoms with Gasteiger partial charge >= 0.3 is 0 Å². The number of aromatic nitrogens is 1. The highest BCUT2D eigenvalue weighted by Crippen LogP contribution is 2.12. The quantitative estimate of drug-likeness (QED) is 0.875. The summed E-state index contributed by atoms with van der Waals surface area (Å²) in [6, 6.07) is 12.1. The molecule has 18 heavy (non-hydrogen) atoms. The number of benzene rings is 1. The Morgan fingerprint density at radius 3 is 2.83 bits per heavy atom. The number of ether oxygens (including phenoxy) is 1. The van der Waals surface area contributed by atoms with E-state index in [-0.39, 0.29) is 0 Å². The highest BCUT2D eigenvalue weighted by atomic mass is 16.5. The van der Waals surface area contributed by atoms with Crippen LogP contribution < -0.4 is 10.1 Å². The molecular weight excluding hydrogens is 224 g/mol. The van der Waals surface area contributed by atoms with Gasteiger partial charge in [-0.2, -0.15) is 0 Å². The standard InChI is InChI=1S/C15H18N2O/c1-12-5-4-8-17-15(12)11-16-10-13-6-3-7-14(9-13)18-2/h3-9,16H,10-11H2,1-2H3. The van der Waals surface area contributed by atoms with E-state index in [0.717, 1.165) is 24.5 Å². The van der Waals surface area contributed by atoms with E-state index >= 15 is 0 Å². The lowest BCUT2D eigenvalue weighted by Gasteiger charge is -2.07. The number of nitrogens with one attached hydrogen (secondary N) is 1. The zero-order valence-electron chi connectivity index (χ0n) is 10.8. The van der Waals surface area contributed by atoms with Crippen molar-refractivity contribution < 1.29 is 4.74 Å². The van der Waals surface area contributed by atoms with Crippen molar-refractivity contribution in [3.8, 4) is 5.75 Å². The Morgan fingerprint density at radius 2 is 2.06 bits per heavy atom. The molecule has 0 aliphatic heterocycles. The second-order valence-corrected chi connectivity index (χ2v) is 4.22. The molecule has 0 saturated carbocycles. The maximum Gasteiger partial charge on any atom is 0.119 e. The minimum Gasteiger partial charge on any atom is -0.497 e. The number of hydrogen-bond acceptors (Lipinski definition) is 3. The van der Waals surface area contributed by atoms with E-state index in [2.05, 4.69) is 29.4 Å². The lowest BCUT2D eigenvalue weighted by Crippen LogP contribution is -2.14. The van der Waals surface area contributed by atoms with Crippen LogP contribution in [0.25, 0.3) is 0 Å². The van der Waals surface area contributed by atoms with Crippen molar-refractivity contribution in [2.75, 3.05) is 7.11 Å². The van der Waals surface area contributed by atoms with E-state index in [0.29, 0.717) is 0 Å². The zero-order chi connectivity index (χ0) is 12.8. The van der Waals surface area contributed by atoms with Crippen LogP contribution in [0, 0.1) is 6.92 Å². The average Bonchev–Trinajstić information content (AvgIpc) is 2.41. The zero-order valence-corrected chi connectivity index (χ0v) is 10.8. The Kier molecular flexibility index (Phi) is 4.31. The van der Waals surface area contributed by atoms with Gasteiger partial charge in [-0.05, 0) is 36.2 Å². The Hall–Kier alpha value is -1.87. The highest BCUT2D eigenvalue weighted by Gasteiger charge is 1.99.